The number of hydrogen-bond donors (Lipinski definition) is 3. The Morgan fingerprint density at radius 3 is 2.62 bits per heavy atom. The Kier molecular flexibility index (Phi) is 5.18. The van der Waals surface area contributed by atoms with E-state index in [9.17, 15) is 9.59 Å². The van der Waals surface area contributed by atoms with Gasteiger partial charge in [-0.25, -0.2) is 30.9 Å². The highest BCUT2D eigenvalue weighted by atomic mass is 16.2. The summed E-state index contributed by atoms with van der Waals surface area (Å²) in [4.78, 5) is 23.3. The van der Waals surface area contributed by atoms with Crippen LogP contribution in [-0.4, -0.2) is 35.5 Å². The van der Waals surface area contributed by atoms with Crippen molar-refractivity contribution in [3.8, 4) is 0 Å². The lowest BCUT2D eigenvalue weighted by Gasteiger charge is -2.25. The van der Waals surface area contributed by atoms with Crippen molar-refractivity contribution in [2.75, 3.05) is 6.54 Å². The molecule has 0 saturated carbocycles. The molecular formula is C16H22N6O2. The molecule has 0 spiro atoms. The summed E-state index contributed by atoms with van der Waals surface area (Å²) in [5.74, 6) is 0. The molecule has 2 rings (SSSR count). The third kappa shape index (κ3) is 4.80. The number of hydrazine groups is 1. The zero-order valence-corrected chi connectivity index (χ0v) is 14.3. The zero-order chi connectivity index (χ0) is 17.7. The Balaban J connectivity index is 1.86. The van der Waals surface area contributed by atoms with E-state index in [-0.39, 0.29) is 12.0 Å². The van der Waals surface area contributed by atoms with Gasteiger partial charge in [-0.1, -0.05) is 45.0 Å². The number of carbonyl (C=O) groups excluding carboxylic acids is 2. The quantitative estimate of drug-likeness (QED) is 0.583. The third-order valence-electron chi connectivity index (χ3n) is 3.37. The van der Waals surface area contributed by atoms with Gasteiger partial charge in [0.2, 0.25) is 0 Å². The molecule has 1 aromatic rings. The maximum absolute atomic E-state index is 11.7. The molecule has 1 aromatic carbocycles. The first-order valence-corrected chi connectivity index (χ1v) is 7.56. The van der Waals surface area contributed by atoms with Crippen LogP contribution in [0.3, 0.4) is 0 Å². The molecule has 1 heterocycles. The van der Waals surface area contributed by atoms with Crippen molar-refractivity contribution in [1.29, 1.82) is 0 Å². The Morgan fingerprint density at radius 2 is 2.00 bits per heavy atom. The van der Waals surface area contributed by atoms with Gasteiger partial charge >= 0.3 is 12.1 Å². The predicted octanol–water partition coefficient (Wildman–Crippen LogP) is 1.93. The molecule has 1 aliphatic heterocycles. The van der Waals surface area contributed by atoms with Gasteiger partial charge in [0, 0.05) is 0 Å². The van der Waals surface area contributed by atoms with Crippen LogP contribution in [-0.2, 0) is 5.41 Å². The Labute approximate surface area is 141 Å². The van der Waals surface area contributed by atoms with Gasteiger partial charge in [-0.2, -0.15) is 10.2 Å². The average molecular weight is 330 g/mol. The largest absolute Gasteiger partial charge is 0.356 e. The normalized spacial score (nSPS) is 15.1. The van der Waals surface area contributed by atoms with Gasteiger partial charge in [-0.3, -0.25) is 0 Å². The molecule has 0 fully saturated rings. The number of carbonyl (C=O) groups is 2. The van der Waals surface area contributed by atoms with Crippen molar-refractivity contribution in [2.45, 2.75) is 33.1 Å². The minimum absolute atomic E-state index is 0.0876. The second-order valence-corrected chi connectivity index (χ2v) is 6.53. The Hall–Kier alpha value is -2.90. The molecule has 8 heteroatoms. The minimum Gasteiger partial charge on any atom is -0.245 e. The van der Waals surface area contributed by atoms with Crippen LogP contribution >= 0.6 is 0 Å². The van der Waals surface area contributed by atoms with Crippen LogP contribution in [0.5, 0.6) is 0 Å². The predicted molar refractivity (Wildman–Crippen MR) is 92.8 cm³/mol. The van der Waals surface area contributed by atoms with Crippen LogP contribution in [0.15, 0.2) is 34.5 Å². The van der Waals surface area contributed by atoms with E-state index in [0.29, 0.717) is 5.71 Å². The van der Waals surface area contributed by atoms with E-state index in [0.717, 1.165) is 10.6 Å². The summed E-state index contributed by atoms with van der Waals surface area (Å²) in [5.41, 5.74) is 9.84. The molecule has 3 N–H and O–H groups in total. The first-order valence-electron chi connectivity index (χ1n) is 7.56. The molecule has 1 aliphatic rings. The van der Waals surface area contributed by atoms with Gasteiger partial charge in [0.1, 0.15) is 0 Å². The van der Waals surface area contributed by atoms with Crippen molar-refractivity contribution in [3.05, 3.63) is 35.4 Å². The molecule has 0 bridgehead atoms. The fourth-order valence-electron chi connectivity index (χ4n) is 2.01. The number of amides is 4. The van der Waals surface area contributed by atoms with E-state index in [1.54, 1.807) is 6.92 Å². The molecule has 0 unspecified atom stereocenters. The van der Waals surface area contributed by atoms with Crippen LogP contribution in [0.4, 0.5) is 9.59 Å². The summed E-state index contributed by atoms with van der Waals surface area (Å²) in [6.07, 6.45) is 1.54. The number of nitrogens with zero attached hydrogens (tertiary/aromatic N) is 3. The fourth-order valence-corrected chi connectivity index (χ4v) is 2.01. The van der Waals surface area contributed by atoms with Crippen molar-refractivity contribution >= 4 is 24.0 Å². The Bertz CT molecular complexity index is 673. The van der Waals surface area contributed by atoms with E-state index in [1.165, 1.54) is 11.8 Å². The van der Waals surface area contributed by atoms with Crippen LogP contribution in [0, 0.1) is 0 Å². The van der Waals surface area contributed by atoms with Crippen molar-refractivity contribution in [3.63, 3.8) is 0 Å². The maximum atomic E-state index is 11.7. The van der Waals surface area contributed by atoms with Crippen LogP contribution in [0.2, 0.25) is 0 Å². The van der Waals surface area contributed by atoms with Crippen LogP contribution < -0.4 is 16.3 Å². The summed E-state index contributed by atoms with van der Waals surface area (Å²) < 4.78 is 0. The van der Waals surface area contributed by atoms with Crippen molar-refractivity contribution in [1.82, 2.24) is 21.3 Å². The van der Waals surface area contributed by atoms with Crippen LogP contribution in [0.1, 0.15) is 38.8 Å². The van der Waals surface area contributed by atoms with Crippen LogP contribution in [0.25, 0.3) is 0 Å². The summed E-state index contributed by atoms with van der Waals surface area (Å²) in [7, 11) is 0. The summed E-state index contributed by atoms with van der Waals surface area (Å²) in [6, 6.07) is 6.81. The monoisotopic (exact) mass is 330 g/mol. The number of hydrazone groups is 2. The minimum atomic E-state index is -0.609. The number of urea groups is 2. The smallest absolute Gasteiger partial charge is 0.245 e. The van der Waals surface area contributed by atoms with Crippen molar-refractivity contribution < 1.29 is 9.59 Å². The molecule has 0 radical (unpaired) electrons. The van der Waals surface area contributed by atoms with E-state index >= 15 is 0 Å². The maximum Gasteiger partial charge on any atom is 0.356 e. The fraction of sp³-hybridized carbons (Fsp3) is 0.375. The molecule has 0 aromatic heterocycles. The summed E-state index contributed by atoms with van der Waals surface area (Å²) in [5, 5.41) is 8.75. The standard InChI is InChI=1S/C16H22N6O2/c1-11-10-22(15(24)20-18-11)21-14(23)19-17-9-12-5-7-13(8-6-12)16(2,3)4/h5-9H,10H2,1-4H3,(H,20,24)(H2,19,21,23)/b17-9+. The lowest BCUT2D eigenvalue weighted by Crippen LogP contribution is -2.55. The molecule has 4 amide bonds. The number of benzene rings is 1. The van der Waals surface area contributed by atoms with Gasteiger partial charge in [0.05, 0.1) is 18.5 Å². The second kappa shape index (κ2) is 7.12. The van der Waals surface area contributed by atoms with Gasteiger partial charge in [0.25, 0.3) is 0 Å². The van der Waals surface area contributed by atoms with Gasteiger partial charge in [-0.15, -0.1) is 0 Å². The molecule has 0 aliphatic carbocycles. The number of hydrogen-bond acceptors (Lipinski definition) is 4. The molecule has 8 nitrogen and oxygen atoms in total. The highest BCUT2D eigenvalue weighted by Gasteiger charge is 2.20. The SMILES string of the molecule is CC1=NNC(=O)N(NC(=O)N/N=C/c2ccc(C(C)(C)C)cc2)C1. The number of rotatable bonds is 3. The number of nitrogens with one attached hydrogen (secondary N) is 3. The zero-order valence-electron chi connectivity index (χ0n) is 14.3. The van der Waals surface area contributed by atoms with E-state index < -0.39 is 12.1 Å². The average Bonchev–Trinajstić information content (AvgIpc) is 2.50. The Morgan fingerprint density at radius 1 is 1.33 bits per heavy atom. The lowest BCUT2D eigenvalue weighted by atomic mass is 9.87. The van der Waals surface area contributed by atoms with Gasteiger partial charge in [-0.05, 0) is 23.5 Å². The molecular weight excluding hydrogens is 308 g/mol. The van der Waals surface area contributed by atoms with E-state index in [4.69, 9.17) is 0 Å². The molecule has 0 saturated heterocycles. The van der Waals surface area contributed by atoms with E-state index in [1.807, 2.05) is 24.3 Å². The highest BCUT2D eigenvalue weighted by molar-refractivity contribution is 5.92. The lowest BCUT2D eigenvalue weighted by molar-refractivity contribution is 0.173. The topological polar surface area (TPSA) is 98.2 Å². The van der Waals surface area contributed by atoms with Crippen molar-refractivity contribution in [2.24, 2.45) is 10.2 Å². The third-order valence-corrected chi connectivity index (χ3v) is 3.37. The highest BCUT2D eigenvalue weighted by Crippen LogP contribution is 2.21. The first kappa shape index (κ1) is 17.5. The second-order valence-electron chi connectivity index (χ2n) is 6.53. The van der Waals surface area contributed by atoms with Gasteiger partial charge < -0.3 is 0 Å². The van der Waals surface area contributed by atoms with Gasteiger partial charge in [0.15, 0.2) is 0 Å². The van der Waals surface area contributed by atoms with E-state index in [2.05, 4.69) is 47.3 Å². The molecule has 128 valence electrons. The molecule has 24 heavy (non-hydrogen) atoms. The molecule has 0 atom stereocenters. The summed E-state index contributed by atoms with van der Waals surface area (Å²) in [6.45, 7) is 8.39. The first-order chi connectivity index (χ1) is 11.3. The summed E-state index contributed by atoms with van der Waals surface area (Å²) >= 11 is 0.